The van der Waals surface area contributed by atoms with E-state index in [1.165, 1.54) is 64.2 Å². The molecule has 1 aliphatic heterocycles. The largest absolute Gasteiger partial charge is 0.450 e. The van der Waals surface area contributed by atoms with Gasteiger partial charge in [0.1, 0.15) is 5.60 Å². The fraction of sp³-hybridized carbons (Fsp3) is 0.708. The molecule has 0 bridgehead atoms. The second-order valence-electron chi connectivity index (χ2n) is 8.43. The lowest BCUT2D eigenvalue weighted by Gasteiger charge is -2.30. The summed E-state index contributed by atoms with van der Waals surface area (Å²) in [5, 5.41) is 0. The number of rotatable bonds is 14. The number of esters is 1. The highest BCUT2D eigenvalue weighted by Gasteiger charge is 2.48. The zero-order valence-corrected chi connectivity index (χ0v) is 24.6. The predicted octanol–water partition coefficient (Wildman–Crippen LogP) is 10.6. The lowest BCUT2D eigenvalue weighted by atomic mass is 9.83. The molecule has 0 aromatic heterocycles. The highest BCUT2D eigenvalue weighted by Crippen LogP contribution is 2.53. The molecule has 0 saturated carbocycles. The van der Waals surface area contributed by atoms with Crippen LogP contribution in [-0.4, -0.2) is 5.97 Å². The summed E-state index contributed by atoms with van der Waals surface area (Å²) < 4.78 is 9.71. The van der Waals surface area contributed by atoms with Crippen LogP contribution in [0.3, 0.4) is 0 Å². The molecule has 0 unspecified atom stereocenters. The van der Waals surface area contributed by atoms with Crippen LogP contribution in [0, 0.1) is 0 Å². The molecule has 0 radical (unpaired) electrons. The summed E-state index contributed by atoms with van der Waals surface area (Å²) in [6.07, 6.45) is 16.6. The summed E-state index contributed by atoms with van der Waals surface area (Å²) in [5.74, 6) is -0.206. The molecule has 30 heavy (non-hydrogen) atoms. The molecule has 0 N–H and O–H groups in total. The van der Waals surface area contributed by atoms with Crippen molar-refractivity contribution in [2.75, 3.05) is 0 Å². The van der Waals surface area contributed by atoms with Gasteiger partial charge in [-0.1, -0.05) is 78.1 Å². The quantitative estimate of drug-likeness (QED) is 0.0850. The van der Waals surface area contributed by atoms with Crippen molar-refractivity contribution < 1.29 is 9.53 Å². The average Bonchev–Trinajstić information content (AvgIpc) is 3.02. The maximum absolute atomic E-state index is 13.0. The van der Waals surface area contributed by atoms with Gasteiger partial charge in [-0.2, -0.15) is 0 Å². The summed E-state index contributed by atoms with van der Waals surface area (Å²) in [6, 6.07) is 0. The van der Waals surface area contributed by atoms with Crippen molar-refractivity contribution in [3.63, 3.8) is 0 Å². The Hall–Kier alpha value is 0.610. The number of benzene rings is 1. The molecular weight excluding hydrogens is 640 g/mol. The minimum Gasteiger partial charge on any atom is -0.450 e. The molecule has 1 aromatic carbocycles. The molecule has 0 atom stereocenters. The fourth-order valence-electron chi connectivity index (χ4n) is 4.39. The minimum atomic E-state index is -0.521. The van der Waals surface area contributed by atoms with Gasteiger partial charge >= 0.3 is 5.97 Å². The third-order valence-corrected chi connectivity index (χ3v) is 10.9. The van der Waals surface area contributed by atoms with Gasteiger partial charge in [-0.15, -0.1) is 0 Å². The van der Waals surface area contributed by atoms with E-state index in [0.29, 0.717) is 5.56 Å². The van der Waals surface area contributed by atoms with E-state index in [-0.39, 0.29) is 5.97 Å². The zero-order valence-electron chi connectivity index (χ0n) is 18.2. The van der Waals surface area contributed by atoms with Crippen LogP contribution in [-0.2, 0) is 10.3 Å². The van der Waals surface area contributed by atoms with E-state index in [1.54, 1.807) is 0 Å². The van der Waals surface area contributed by atoms with Gasteiger partial charge in [0.25, 0.3) is 0 Å². The van der Waals surface area contributed by atoms with Crippen LogP contribution in [0.2, 0.25) is 0 Å². The first-order chi connectivity index (χ1) is 14.4. The van der Waals surface area contributed by atoms with Crippen molar-refractivity contribution in [3.05, 3.63) is 29.0 Å². The molecule has 2 nitrogen and oxygen atoms in total. The highest BCUT2D eigenvalue weighted by atomic mass is 79.9. The van der Waals surface area contributed by atoms with Gasteiger partial charge in [0.15, 0.2) is 0 Å². The number of carbonyl (C=O) groups excluding carboxylic acids is 1. The minimum absolute atomic E-state index is 0.206. The van der Waals surface area contributed by atoms with Gasteiger partial charge in [0.2, 0.25) is 0 Å². The molecule has 1 heterocycles. The van der Waals surface area contributed by atoms with Crippen molar-refractivity contribution in [2.45, 2.75) is 109 Å². The van der Waals surface area contributed by atoms with Crippen LogP contribution in [0.1, 0.15) is 120 Å². The average molecular weight is 674 g/mol. The number of cyclic esters (lactones) is 1. The Morgan fingerprint density at radius 3 is 1.57 bits per heavy atom. The van der Waals surface area contributed by atoms with Crippen LogP contribution >= 0.6 is 63.7 Å². The summed E-state index contributed by atoms with van der Waals surface area (Å²) >= 11 is 14.7. The molecule has 0 fully saturated rings. The molecule has 6 heteroatoms. The summed E-state index contributed by atoms with van der Waals surface area (Å²) in [5.41, 5.74) is 1.18. The fourth-order valence-corrected chi connectivity index (χ4v) is 7.03. The van der Waals surface area contributed by atoms with Crippen molar-refractivity contribution in [2.24, 2.45) is 0 Å². The van der Waals surface area contributed by atoms with Crippen LogP contribution < -0.4 is 0 Å². The van der Waals surface area contributed by atoms with Gasteiger partial charge in [-0.25, -0.2) is 4.79 Å². The molecule has 170 valence electrons. The number of unbranched alkanes of at least 4 members (excludes halogenated alkanes) is 10. The highest BCUT2D eigenvalue weighted by molar-refractivity contribution is 9.15. The van der Waals surface area contributed by atoms with E-state index in [4.69, 9.17) is 4.74 Å². The number of hydrogen-bond donors (Lipinski definition) is 0. The van der Waals surface area contributed by atoms with Crippen LogP contribution in [0.4, 0.5) is 0 Å². The monoisotopic (exact) mass is 670 g/mol. The smallest absolute Gasteiger partial charge is 0.340 e. The standard InChI is InChI=1S/C24H34Br4O2/c1-3-5-7-9-11-13-15-24(16-14-12-10-8-6-4-2)18-17(23(29)30-24)19(25)21(27)22(28)20(18)26/h3-16H2,1-2H3. The van der Waals surface area contributed by atoms with Gasteiger partial charge in [0.05, 0.1) is 5.56 Å². The third kappa shape index (κ3) is 6.57. The van der Waals surface area contributed by atoms with Crippen molar-refractivity contribution in [1.29, 1.82) is 0 Å². The second kappa shape index (κ2) is 13.3. The Morgan fingerprint density at radius 2 is 1.07 bits per heavy atom. The Kier molecular flexibility index (Phi) is 12.0. The number of ether oxygens (including phenoxy) is 1. The topological polar surface area (TPSA) is 26.3 Å². The first-order valence-electron chi connectivity index (χ1n) is 11.5. The predicted molar refractivity (Wildman–Crippen MR) is 140 cm³/mol. The number of hydrogen-bond acceptors (Lipinski definition) is 2. The van der Waals surface area contributed by atoms with Crippen molar-refractivity contribution >= 4 is 69.7 Å². The lowest BCUT2D eigenvalue weighted by Crippen LogP contribution is -2.27. The number of halogens is 4. The summed E-state index contributed by atoms with van der Waals surface area (Å²) in [4.78, 5) is 13.0. The molecule has 1 aromatic rings. The Bertz CT molecular complexity index is 702. The molecule has 0 aliphatic carbocycles. The third-order valence-electron chi connectivity index (χ3n) is 6.08. The zero-order chi connectivity index (χ0) is 22.1. The van der Waals surface area contributed by atoms with Crippen LogP contribution in [0.15, 0.2) is 17.9 Å². The first-order valence-corrected chi connectivity index (χ1v) is 14.7. The molecule has 2 rings (SSSR count). The second-order valence-corrected chi connectivity index (χ2v) is 11.6. The van der Waals surface area contributed by atoms with E-state index < -0.39 is 5.60 Å². The van der Waals surface area contributed by atoms with Gasteiger partial charge in [0, 0.05) is 23.5 Å². The maximum atomic E-state index is 13.0. The Balaban J connectivity index is 2.21. The number of fused-ring (bicyclic) bond motifs is 1. The van der Waals surface area contributed by atoms with Crippen molar-refractivity contribution in [1.82, 2.24) is 0 Å². The van der Waals surface area contributed by atoms with Crippen LogP contribution in [0.25, 0.3) is 0 Å². The summed E-state index contributed by atoms with van der Waals surface area (Å²) in [6.45, 7) is 4.49. The van der Waals surface area contributed by atoms with E-state index in [2.05, 4.69) is 77.6 Å². The normalized spacial score (nSPS) is 14.8. The van der Waals surface area contributed by atoms with E-state index >= 15 is 0 Å². The van der Waals surface area contributed by atoms with Crippen LogP contribution in [0.5, 0.6) is 0 Å². The van der Waals surface area contributed by atoms with Gasteiger partial charge in [-0.05, 0) is 89.4 Å². The molecule has 0 amide bonds. The van der Waals surface area contributed by atoms with Crippen molar-refractivity contribution in [3.8, 4) is 0 Å². The Labute approximate surface area is 216 Å². The van der Waals surface area contributed by atoms with Gasteiger partial charge in [-0.3, -0.25) is 0 Å². The van der Waals surface area contributed by atoms with E-state index in [1.807, 2.05) is 0 Å². The Morgan fingerprint density at radius 1 is 0.633 bits per heavy atom. The molecule has 1 aliphatic rings. The molecule has 0 saturated heterocycles. The first kappa shape index (κ1) is 26.9. The summed E-state index contributed by atoms with van der Waals surface area (Å²) in [7, 11) is 0. The molecular formula is C24H34Br4O2. The lowest BCUT2D eigenvalue weighted by molar-refractivity contribution is -0.0205. The maximum Gasteiger partial charge on any atom is 0.340 e. The van der Waals surface area contributed by atoms with E-state index in [9.17, 15) is 4.79 Å². The SMILES string of the molecule is CCCCCCCCC1(CCCCCCCC)OC(=O)c2c(Br)c(Br)c(Br)c(Br)c21. The molecule has 0 spiro atoms. The number of carbonyl (C=O) groups is 1. The van der Waals surface area contributed by atoms with E-state index in [0.717, 1.165) is 49.1 Å². The van der Waals surface area contributed by atoms with Gasteiger partial charge < -0.3 is 4.74 Å².